The zero-order valence-corrected chi connectivity index (χ0v) is 15.4. The smallest absolute Gasteiger partial charge is 0.173 e. The van der Waals surface area contributed by atoms with Crippen LogP contribution in [0.25, 0.3) is 0 Å². The van der Waals surface area contributed by atoms with Gasteiger partial charge in [0.15, 0.2) is 5.11 Å². The van der Waals surface area contributed by atoms with Gasteiger partial charge in [-0.15, -0.1) is 0 Å². The van der Waals surface area contributed by atoms with Gasteiger partial charge in [0.2, 0.25) is 0 Å². The summed E-state index contributed by atoms with van der Waals surface area (Å²) >= 11 is 11.7. The number of rotatable bonds is 4. The van der Waals surface area contributed by atoms with Gasteiger partial charge >= 0.3 is 0 Å². The van der Waals surface area contributed by atoms with Crippen molar-refractivity contribution < 1.29 is 4.74 Å². The molecule has 0 aliphatic carbocycles. The van der Waals surface area contributed by atoms with E-state index >= 15 is 0 Å². The Kier molecular flexibility index (Phi) is 5.85. The van der Waals surface area contributed by atoms with Crippen LogP contribution in [0.3, 0.4) is 0 Å². The van der Waals surface area contributed by atoms with Gasteiger partial charge in [-0.05, 0) is 49.8 Å². The van der Waals surface area contributed by atoms with Gasteiger partial charge in [-0.1, -0.05) is 35.4 Å². The van der Waals surface area contributed by atoms with E-state index in [1.54, 1.807) is 7.11 Å². The Bertz CT molecular complexity index is 718. The van der Waals surface area contributed by atoms with Gasteiger partial charge in [-0.25, -0.2) is 0 Å². The standard InChI is InChI=1S/C18H21ClN2OS/c1-12-8-9-17(22-4)14(10-12)11-21(3)18(23)20-16-7-5-6-15(19)13(16)2/h5-10H,11H2,1-4H3,(H,20,23). The second-order valence-corrected chi connectivity index (χ2v) is 6.31. The largest absolute Gasteiger partial charge is 0.496 e. The first-order valence-corrected chi connectivity index (χ1v) is 8.11. The van der Waals surface area contributed by atoms with Crippen molar-refractivity contribution in [1.29, 1.82) is 0 Å². The molecule has 0 atom stereocenters. The molecule has 3 nitrogen and oxygen atoms in total. The average Bonchev–Trinajstić information content (AvgIpc) is 2.52. The van der Waals surface area contributed by atoms with E-state index in [9.17, 15) is 0 Å². The molecule has 0 fully saturated rings. The van der Waals surface area contributed by atoms with Crippen LogP contribution in [0.4, 0.5) is 5.69 Å². The molecule has 2 aromatic rings. The molecule has 0 saturated heterocycles. The van der Waals surface area contributed by atoms with Gasteiger partial charge in [0.25, 0.3) is 0 Å². The molecule has 0 amide bonds. The average molecular weight is 349 g/mol. The topological polar surface area (TPSA) is 24.5 Å². The number of hydrogen-bond acceptors (Lipinski definition) is 2. The van der Waals surface area contributed by atoms with Crippen LogP contribution in [0.1, 0.15) is 16.7 Å². The van der Waals surface area contributed by atoms with Crippen molar-refractivity contribution in [2.45, 2.75) is 20.4 Å². The fraction of sp³-hybridized carbons (Fsp3) is 0.278. The monoisotopic (exact) mass is 348 g/mol. The number of ether oxygens (including phenoxy) is 1. The van der Waals surface area contributed by atoms with E-state index in [0.717, 1.165) is 27.6 Å². The van der Waals surface area contributed by atoms with Crippen molar-refractivity contribution in [3.8, 4) is 5.75 Å². The minimum absolute atomic E-state index is 0.638. The summed E-state index contributed by atoms with van der Waals surface area (Å²) < 4.78 is 5.43. The first-order valence-electron chi connectivity index (χ1n) is 7.33. The molecule has 0 bridgehead atoms. The summed E-state index contributed by atoms with van der Waals surface area (Å²) in [6, 6.07) is 11.9. The Balaban J connectivity index is 2.11. The molecule has 1 N–H and O–H groups in total. The number of halogens is 1. The highest BCUT2D eigenvalue weighted by Gasteiger charge is 2.11. The Morgan fingerprint density at radius 2 is 2.00 bits per heavy atom. The van der Waals surface area contributed by atoms with E-state index in [0.29, 0.717) is 11.7 Å². The van der Waals surface area contributed by atoms with Crippen LogP contribution < -0.4 is 10.1 Å². The van der Waals surface area contributed by atoms with Crippen LogP contribution in [0, 0.1) is 13.8 Å². The molecule has 0 saturated carbocycles. The maximum absolute atomic E-state index is 6.15. The lowest BCUT2D eigenvalue weighted by molar-refractivity contribution is 0.399. The molecule has 2 rings (SSSR count). The van der Waals surface area contributed by atoms with Gasteiger partial charge in [0, 0.05) is 29.9 Å². The highest BCUT2D eigenvalue weighted by atomic mass is 35.5. The van der Waals surface area contributed by atoms with Crippen molar-refractivity contribution >= 4 is 34.6 Å². The summed E-state index contributed by atoms with van der Waals surface area (Å²) in [7, 11) is 3.64. The van der Waals surface area contributed by atoms with Gasteiger partial charge in [-0.2, -0.15) is 0 Å². The van der Waals surface area contributed by atoms with Crippen molar-refractivity contribution in [3.63, 3.8) is 0 Å². The van der Waals surface area contributed by atoms with E-state index < -0.39 is 0 Å². The summed E-state index contributed by atoms with van der Waals surface area (Å²) in [5.74, 6) is 0.865. The molecule has 0 aliphatic rings. The van der Waals surface area contributed by atoms with Crippen molar-refractivity contribution in [2.24, 2.45) is 0 Å². The Labute approximate surface area is 148 Å². The number of anilines is 1. The van der Waals surface area contributed by atoms with Crippen molar-refractivity contribution in [3.05, 3.63) is 58.1 Å². The van der Waals surface area contributed by atoms with Gasteiger partial charge in [0.05, 0.1) is 7.11 Å². The maximum atomic E-state index is 6.15. The predicted molar refractivity (Wildman–Crippen MR) is 102 cm³/mol. The number of benzene rings is 2. The lowest BCUT2D eigenvalue weighted by Gasteiger charge is -2.23. The molecular formula is C18H21ClN2OS. The third kappa shape index (κ3) is 4.36. The Hall–Kier alpha value is -1.78. The molecule has 0 spiro atoms. The van der Waals surface area contributed by atoms with E-state index in [-0.39, 0.29) is 0 Å². The zero-order chi connectivity index (χ0) is 17.0. The Morgan fingerprint density at radius 3 is 2.70 bits per heavy atom. The minimum atomic E-state index is 0.638. The van der Waals surface area contributed by atoms with Crippen LogP contribution in [0.2, 0.25) is 5.02 Å². The van der Waals surface area contributed by atoms with Crippen molar-refractivity contribution in [1.82, 2.24) is 4.90 Å². The first kappa shape index (κ1) is 17.6. The molecule has 5 heteroatoms. The second-order valence-electron chi connectivity index (χ2n) is 5.51. The molecule has 0 aromatic heterocycles. The normalized spacial score (nSPS) is 10.3. The lowest BCUT2D eigenvalue weighted by atomic mass is 10.1. The molecule has 0 radical (unpaired) electrons. The molecular weight excluding hydrogens is 328 g/mol. The highest BCUT2D eigenvalue weighted by Crippen LogP contribution is 2.24. The molecule has 122 valence electrons. The molecule has 0 aliphatic heterocycles. The fourth-order valence-electron chi connectivity index (χ4n) is 2.31. The molecule has 0 heterocycles. The van der Waals surface area contributed by atoms with Crippen LogP contribution in [0.15, 0.2) is 36.4 Å². The van der Waals surface area contributed by atoms with Crippen molar-refractivity contribution in [2.75, 3.05) is 19.5 Å². The summed E-state index contributed by atoms with van der Waals surface area (Å²) in [4.78, 5) is 1.98. The number of thiocarbonyl (C=S) groups is 1. The molecule has 0 unspecified atom stereocenters. The minimum Gasteiger partial charge on any atom is -0.496 e. The van der Waals surface area contributed by atoms with Gasteiger partial charge in [-0.3, -0.25) is 0 Å². The van der Waals surface area contributed by atoms with Gasteiger partial charge < -0.3 is 15.0 Å². The SMILES string of the molecule is COc1ccc(C)cc1CN(C)C(=S)Nc1cccc(Cl)c1C. The predicted octanol–water partition coefficient (Wildman–Crippen LogP) is 4.79. The molecule has 2 aromatic carbocycles. The van der Waals surface area contributed by atoms with Gasteiger partial charge in [0.1, 0.15) is 5.75 Å². The maximum Gasteiger partial charge on any atom is 0.173 e. The third-order valence-corrected chi connectivity index (χ3v) is 4.52. The summed E-state index contributed by atoms with van der Waals surface area (Å²) in [5.41, 5.74) is 4.20. The Morgan fingerprint density at radius 1 is 1.26 bits per heavy atom. The number of methoxy groups -OCH3 is 1. The second kappa shape index (κ2) is 7.66. The van der Waals surface area contributed by atoms with Crippen LogP contribution >= 0.6 is 23.8 Å². The van der Waals surface area contributed by atoms with E-state index in [1.165, 1.54) is 5.56 Å². The van der Waals surface area contributed by atoms with Crippen LogP contribution in [-0.2, 0) is 6.54 Å². The highest BCUT2D eigenvalue weighted by molar-refractivity contribution is 7.80. The zero-order valence-electron chi connectivity index (χ0n) is 13.8. The quantitative estimate of drug-likeness (QED) is 0.802. The third-order valence-electron chi connectivity index (χ3n) is 3.70. The number of nitrogens with one attached hydrogen (secondary N) is 1. The van der Waals surface area contributed by atoms with E-state index in [2.05, 4.69) is 18.3 Å². The van der Waals surface area contributed by atoms with E-state index in [1.807, 2.05) is 49.2 Å². The fourth-order valence-corrected chi connectivity index (χ4v) is 2.66. The number of hydrogen-bond donors (Lipinski definition) is 1. The number of aryl methyl sites for hydroxylation is 1. The van der Waals surface area contributed by atoms with Crippen LogP contribution in [0.5, 0.6) is 5.75 Å². The first-order chi connectivity index (χ1) is 10.9. The summed E-state index contributed by atoms with van der Waals surface area (Å²) in [6.07, 6.45) is 0. The number of nitrogens with zero attached hydrogens (tertiary/aromatic N) is 1. The lowest BCUT2D eigenvalue weighted by Crippen LogP contribution is -2.31. The summed E-state index contributed by atoms with van der Waals surface area (Å²) in [6.45, 7) is 4.70. The van der Waals surface area contributed by atoms with Crippen LogP contribution in [-0.4, -0.2) is 24.2 Å². The summed E-state index contributed by atoms with van der Waals surface area (Å²) in [5, 5.41) is 4.62. The van der Waals surface area contributed by atoms with E-state index in [4.69, 9.17) is 28.6 Å². The molecule has 23 heavy (non-hydrogen) atoms.